The van der Waals surface area contributed by atoms with E-state index in [0.717, 1.165) is 13.2 Å². The standard InChI is InChI=1S/C11H13FN2O6S/c1-6-4-8(5-9(10(6)12)14(16)17)21(18,19)13-7(2)11(15)20-3/h4-5,7,13H,1-3H3. The van der Waals surface area contributed by atoms with Crippen molar-refractivity contribution in [3.05, 3.63) is 33.6 Å². The van der Waals surface area contributed by atoms with Crippen molar-refractivity contribution >= 4 is 21.7 Å². The van der Waals surface area contributed by atoms with Gasteiger partial charge in [-0.25, -0.2) is 8.42 Å². The van der Waals surface area contributed by atoms with Crippen LogP contribution >= 0.6 is 0 Å². The summed E-state index contributed by atoms with van der Waals surface area (Å²) >= 11 is 0. The van der Waals surface area contributed by atoms with Crippen LogP contribution in [0, 0.1) is 22.9 Å². The molecule has 0 saturated carbocycles. The monoisotopic (exact) mass is 320 g/mol. The fraction of sp³-hybridized carbons (Fsp3) is 0.364. The second-order valence-electron chi connectivity index (χ2n) is 4.20. The Morgan fingerprint density at radius 1 is 1.48 bits per heavy atom. The van der Waals surface area contributed by atoms with Gasteiger partial charge in [-0.05, 0) is 25.5 Å². The molecule has 10 heteroatoms. The molecule has 0 bridgehead atoms. The second kappa shape index (κ2) is 6.14. The highest BCUT2D eigenvalue weighted by molar-refractivity contribution is 7.89. The summed E-state index contributed by atoms with van der Waals surface area (Å²) in [6, 6.07) is 0.341. The minimum absolute atomic E-state index is 0.199. The number of halogens is 1. The molecule has 0 aliphatic rings. The molecule has 1 N–H and O–H groups in total. The van der Waals surface area contributed by atoms with E-state index in [2.05, 4.69) is 4.74 Å². The molecule has 1 atom stereocenters. The maximum Gasteiger partial charge on any atom is 0.323 e. The largest absolute Gasteiger partial charge is 0.468 e. The Kier molecular flexibility index (Phi) is 4.97. The van der Waals surface area contributed by atoms with E-state index in [-0.39, 0.29) is 5.56 Å². The van der Waals surface area contributed by atoms with Gasteiger partial charge < -0.3 is 4.74 Å². The molecule has 0 aromatic heterocycles. The van der Waals surface area contributed by atoms with Gasteiger partial charge in [-0.1, -0.05) is 0 Å². The van der Waals surface area contributed by atoms with Crippen LogP contribution in [0.5, 0.6) is 0 Å². The van der Waals surface area contributed by atoms with Gasteiger partial charge in [0.05, 0.1) is 16.9 Å². The van der Waals surface area contributed by atoms with Gasteiger partial charge in [0.2, 0.25) is 15.8 Å². The van der Waals surface area contributed by atoms with E-state index in [4.69, 9.17) is 0 Å². The summed E-state index contributed by atoms with van der Waals surface area (Å²) in [6.45, 7) is 2.44. The normalized spacial score (nSPS) is 12.8. The highest BCUT2D eigenvalue weighted by atomic mass is 32.2. The molecule has 0 amide bonds. The SMILES string of the molecule is COC(=O)C(C)NS(=O)(=O)c1cc(C)c(F)c([N+](=O)[O-])c1. The summed E-state index contributed by atoms with van der Waals surface area (Å²) in [6.07, 6.45) is 0. The van der Waals surface area contributed by atoms with Crippen molar-refractivity contribution in [2.75, 3.05) is 7.11 Å². The minimum Gasteiger partial charge on any atom is -0.468 e. The molecule has 8 nitrogen and oxygen atoms in total. The number of nitro benzene ring substituents is 1. The van der Waals surface area contributed by atoms with Crippen molar-refractivity contribution in [1.29, 1.82) is 0 Å². The highest BCUT2D eigenvalue weighted by Gasteiger charge is 2.27. The molecule has 0 aliphatic carbocycles. The number of esters is 1. The van der Waals surface area contributed by atoms with E-state index in [1.807, 2.05) is 4.72 Å². The van der Waals surface area contributed by atoms with Crippen LogP contribution in [0.4, 0.5) is 10.1 Å². The topological polar surface area (TPSA) is 116 Å². The van der Waals surface area contributed by atoms with Crippen molar-refractivity contribution in [1.82, 2.24) is 4.72 Å². The molecule has 116 valence electrons. The smallest absolute Gasteiger partial charge is 0.323 e. The number of nitro groups is 1. The fourth-order valence-electron chi connectivity index (χ4n) is 1.53. The molecule has 21 heavy (non-hydrogen) atoms. The third-order valence-electron chi connectivity index (χ3n) is 2.60. The van der Waals surface area contributed by atoms with Crippen molar-refractivity contribution in [2.24, 2.45) is 0 Å². The van der Waals surface area contributed by atoms with Gasteiger partial charge in [-0.15, -0.1) is 0 Å². The van der Waals surface area contributed by atoms with Crippen molar-refractivity contribution in [3.63, 3.8) is 0 Å². The van der Waals surface area contributed by atoms with Crippen LogP contribution in [-0.4, -0.2) is 32.5 Å². The highest BCUT2D eigenvalue weighted by Crippen LogP contribution is 2.25. The zero-order valence-electron chi connectivity index (χ0n) is 11.4. The third-order valence-corrected chi connectivity index (χ3v) is 4.12. The van der Waals surface area contributed by atoms with Crippen LogP contribution in [0.1, 0.15) is 12.5 Å². The summed E-state index contributed by atoms with van der Waals surface area (Å²) in [5.74, 6) is -1.94. The van der Waals surface area contributed by atoms with Crippen LogP contribution in [0.2, 0.25) is 0 Å². The Balaban J connectivity index is 3.27. The second-order valence-corrected chi connectivity index (χ2v) is 5.91. The Hall–Kier alpha value is -2.07. The van der Waals surface area contributed by atoms with Crippen LogP contribution < -0.4 is 4.72 Å². The van der Waals surface area contributed by atoms with Crippen LogP contribution in [0.15, 0.2) is 17.0 Å². The molecule has 1 unspecified atom stereocenters. The quantitative estimate of drug-likeness (QED) is 0.489. The number of nitrogens with zero attached hydrogens (tertiary/aromatic N) is 1. The Bertz CT molecular complexity index is 688. The summed E-state index contributed by atoms with van der Waals surface area (Å²) in [5, 5.41) is 10.7. The maximum absolute atomic E-state index is 13.5. The number of carbonyl (C=O) groups is 1. The number of benzene rings is 1. The zero-order valence-corrected chi connectivity index (χ0v) is 12.2. The summed E-state index contributed by atoms with van der Waals surface area (Å²) < 4.78 is 44.0. The van der Waals surface area contributed by atoms with E-state index in [1.54, 1.807) is 0 Å². The van der Waals surface area contributed by atoms with Gasteiger partial charge in [0.1, 0.15) is 6.04 Å². The lowest BCUT2D eigenvalue weighted by Crippen LogP contribution is -2.39. The lowest BCUT2D eigenvalue weighted by Gasteiger charge is -2.12. The van der Waals surface area contributed by atoms with Gasteiger partial charge in [-0.2, -0.15) is 9.11 Å². The molecule has 0 heterocycles. The predicted molar refractivity (Wildman–Crippen MR) is 69.6 cm³/mol. The number of hydrogen-bond donors (Lipinski definition) is 1. The third kappa shape index (κ3) is 3.73. The zero-order chi connectivity index (χ0) is 16.4. The first-order valence-corrected chi connectivity index (χ1v) is 7.13. The minimum atomic E-state index is -4.23. The molecule has 0 saturated heterocycles. The molecule has 1 aromatic carbocycles. The first kappa shape index (κ1) is 17.0. The van der Waals surface area contributed by atoms with Crippen molar-refractivity contribution in [2.45, 2.75) is 24.8 Å². The van der Waals surface area contributed by atoms with Gasteiger partial charge in [0, 0.05) is 6.07 Å². The molecular weight excluding hydrogens is 307 g/mol. The fourth-order valence-corrected chi connectivity index (χ4v) is 2.83. The first-order valence-electron chi connectivity index (χ1n) is 5.65. The Morgan fingerprint density at radius 3 is 2.52 bits per heavy atom. The number of rotatable bonds is 5. The summed E-state index contributed by atoms with van der Waals surface area (Å²) in [7, 11) is -3.15. The Labute approximate surface area is 120 Å². The maximum atomic E-state index is 13.5. The van der Waals surface area contributed by atoms with E-state index in [1.165, 1.54) is 13.8 Å². The molecule has 0 fully saturated rings. The summed E-state index contributed by atoms with van der Waals surface area (Å²) in [4.78, 5) is 20.4. The van der Waals surface area contributed by atoms with Gasteiger partial charge in [-0.3, -0.25) is 14.9 Å². The average molecular weight is 320 g/mol. The van der Waals surface area contributed by atoms with E-state index in [9.17, 15) is 27.7 Å². The number of nitrogens with one attached hydrogen (secondary N) is 1. The van der Waals surface area contributed by atoms with Gasteiger partial charge in [0.25, 0.3) is 0 Å². The van der Waals surface area contributed by atoms with E-state index < -0.39 is 43.4 Å². The first-order chi connectivity index (χ1) is 9.60. The number of methoxy groups -OCH3 is 1. The number of hydrogen-bond acceptors (Lipinski definition) is 6. The molecule has 1 rings (SSSR count). The lowest BCUT2D eigenvalue weighted by molar-refractivity contribution is -0.387. The lowest BCUT2D eigenvalue weighted by atomic mass is 10.2. The average Bonchev–Trinajstić information content (AvgIpc) is 2.39. The van der Waals surface area contributed by atoms with Crippen LogP contribution in [0.3, 0.4) is 0 Å². The van der Waals surface area contributed by atoms with E-state index in [0.29, 0.717) is 6.07 Å². The molecule has 0 radical (unpaired) electrons. The number of carbonyl (C=O) groups excluding carboxylic acids is 1. The number of sulfonamides is 1. The molecule has 0 spiro atoms. The Morgan fingerprint density at radius 2 is 2.05 bits per heavy atom. The van der Waals surface area contributed by atoms with E-state index >= 15 is 0 Å². The van der Waals surface area contributed by atoms with Crippen molar-refractivity contribution in [3.8, 4) is 0 Å². The van der Waals surface area contributed by atoms with Gasteiger partial charge in [0.15, 0.2) is 0 Å². The molecule has 1 aromatic rings. The summed E-state index contributed by atoms with van der Waals surface area (Å²) in [5.41, 5.74) is -1.16. The predicted octanol–water partition coefficient (Wildman–Crippen LogP) is 0.882. The van der Waals surface area contributed by atoms with Crippen LogP contribution in [-0.2, 0) is 19.6 Å². The number of ether oxygens (including phenoxy) is 1. The number of aryl methyl sites for hydroxylation is 1. The molecular formula is C11H13FN2O6S. The van der Waals surface area contributed by atoms with Crippen molar-refractivity contribution < 1.29 is 27.3 Å². The van der Waals surface area contributed by atoms with Crippen LogP contribution in [0.25, 0.3) is 0 Å². The van der Waals surface area contributed by atoms with Gasteiger partial charge >= 0.3 is 11.7 Å². The molecule has 0 aliphatic heterocycles.